The molecule has 0 aromatic carbocycles. The highest BCUT2D eigenvalue weighted by Gasteiger charge is 2.15. The minimum Gasteiger partial charge on any atom is -0.316 e. The summed E-state index contributed by atoms with van der Waals surface area (Å²) >= 11 is 2.11. The fraction of sp³-hybridized carbons (Fsp3) is 1.00. The number of piperidine rings is 1. The van der Waals surface area contributed by atoms with E-state index in [9.17, 15) is 0 Å². The molecule has 1 N–H and O–H groups in total. The molecule has 0 aliphatic carbocycles. The molecule has 0 bridgehead atoms. The van der Waals surface area contributed by atoms with Gasteiger partial charge in [-0.15, -0.1) is 0 Å². The average Bonchev–Trinajstić information content (AvgIpc) is 2.29. The second-order valence-corrected chi connectivity index (χ2v) is 5.68. The molecule has 2 aliphatic rings. The molecule has 2 heterocycles. The third-order valence-corrected chi connectivity index (χ3v) is 4.30. The molecular formula is C11H22N2S. The first-order valence-corrected chi connectivity index (χ1v) is 7.11. The van der Waals surface area contributed by atoms with E-state index in [-0.39, 0.29) is 0 Å². The first-order valence-electron chi connectivity index (χ1n) is 5.96. The zero-order valence-electron chi connectivity index (χ0n) is 9.00. The number of thioether (sulfide) groups is 1. The van der Waals surface area contributed by atoms with Crippen molar-refractivity contribution >= 4 is 11.8 Å². The standard InChI is InChI=1S/C11H22N2S/c1-2-11(10-12-4-1)3-5-13-6-8-14-9-7-13/h11-12H,1-10H2. The Hall–Kier alpha value is 0.270. The molecule has 0 amide bonds. The summed E-state index contributed by atoms with van der Waals surface area (Å²) in [4.78, 5) is 2.64. The van der Waals surface area contributed by atoms with Crippen LogP contribution in [0.1, 0.15) is 19.3 Å². The van der Waals surface area contributed by atoms with Crippen molar-refractivity contribution in [1.82, 2.24) is 10.2 Å². The molecule has 2 fully saturated rings. The van der Waals surface area contributed by atoms with Crippen LogP contribution in [0.3, 0.4) is 0 Å². The first-order chi connectivity index (χ1) is 6.95. The summed E-state index contributed by atoms with van der Waals surface area (Å²) in [7, 11) is 0. The quantitative estimate of drug-likeness (QED) is 0.765. The normalized spacial score (nSPS) is 30.4. The van der Waals surface area contributed by atoms with E-state index < -0.39 is 0 Å². The van der Waals surface area contributed by atoms with Gasteiger partial charge in [-0.2, -0.15) is 11.8 Å². The Morgan fingerprint density at radius 1 is 1.29 bits per heavy atom. The van der Waals surface area contributed by atoms with Crippen LogP contribution in [0, 0.1) is 5.92 Å². The second kappa shape index (κ2) is 5.99. The largest absolute Gasteiger partial charge is 0.316 e. The van der Waals surface area contributed by atoms with E-state index in [1.54, 1.807) is 0 Å². The maximum Gasteiger partial charge on any atom is 0.00727 e. The Labute approximate surface area is 91.8 Å². The lowest BCUT2D eigenvalue weighted by Gasteiger charge is -2.29. The molecule has 3 heteroatoms. The fourth-order valence-corrected chi connectivity index (χ4v) is 3.34. The zero-order valence-corrected chi connectivity index (χ0v) is 9.82. The smallest absolute Gasteiger partial charge is 0.00727 e. The Morgan fingerprint density at radius 3 is 2.86 bits per heavy atom. The summed E-state index contributed by atoms with van der Waals surface area (Å²) in [6.45, 7) is 6.50. The summed E-state index contributed by atoms with van der Waals surface area (Å²) in [6, 6.07) is 0. The lowest BCUT2D eigenvalue weighted by atomic mass is 9.96. The van der Waals surface area contributed by atoms with Crippen LogP contribution < -0.4 is 5.32 Å². The molecule has 2 saturated heterocycles. The van der Waals surface area contributed by atoms with Gasteiger partial charge in [0.25, 0.3) is 0 Å². The Morgan fingerprint density at radius 2 is 2.14 bits per heavy atom. The number of rotatable bonds is 3. The van der Waals surface area contributed by atoms with Crippen molar-refractivity contribution in [2.24, 2.45) is 5.92 Å². The molecule has 0 radical (unpaired) electrons. The molecule has 2 aliphatic heterocycles. The second-order valence-electron chi connectivity index (χ2n) is 4.46. The maximum atomic E-state index is 3.50. The van der Waals surface area contributed by atoms with Crippen molar-refractivity contribution in [2.75, 3.05) is 44.2 Å². The van der Waals surface area contributed by atoms with Gasteiger partial charge in [0.15, 0.2) is 0 Å². The Balaban J connectivity index is 1.60. The molecule has 2 rings (SSSR count). The van der Waals surface area contributed by atoms with Crippen molar-refractivity contribution in [3.05, 3.63) is 0 Å². The SMILES string of the molecule is C1CNCC(CCN2CCSCC2)C1. The minimum atomic E-state index is 0.957. The highest BCUT2D eigenvalue weighted by molar-refractivity contribution is 7.99. The number of hydrogen-bond acceptors (Lipinski definition) is 3. The van der Waals surface area contributed by atoms with E-state index in [4.69, 9.17) is 0 Å². The molecular weight excluding hydrogens is 192 g/mol. The molecule has 14 heavy (non-hydrogen) atoms. The van der Waals surface area contributed by atoms with Crippen LogP contribution >= 0.6 is 11.8 Å². The molecule has 0 saturated carbocycles. The summed E-state index contributed by atoms with van der Waals surface area (Å²) in [6.07, 6.45) is 4.26. The lowest BCUT2D eigenvalue weighted by molar-refractivity contribution is 0.254. The third-order valence-electron chi connectivity index (χ3n) is 3.36. The zero-order chi connectivity index (χ0) is 9.64. The topological polar surface area (TPSA) is 15.3 Å². The van der Waals surface area contributed by atoms with Crippen LogP contribution in [0.25, 0.3) is 0 Å². The molecule has 0 spiro atoms. The van der Waals surface area contributed by atoms with E-state index in [1.165, 1.54) is 63.5 Å². The van der Waals surface area contributed by atoms with Crippen molar-refractivity contribution in [3.8, 4) is 0 Å². The number of hydrogen-bond donors (Lipinski definition) is 1. The van der Waals surface area contributed by atoms with Gasteiger partial charge in [-0.25, -0.2) is 0 Å². The maximum absolute atomic E-state index is 3.50. The fourth-order valence-electron chi connectivity index (χ4n) is 2.36. The molecule has 0 aromatic heterocycles. The van der Waals surface area contributed by atoms with Gasteiger partial charge in [-0.3, -0.25) is 0 Å². The van der Waals surface area contributed by atoms with Crippen LogP contribution in [-0.4, -0.2) is 49.1 Å². The van der Waals surface area contributed by atoms with Crippen molar-refractivity contribution in [3.63, 3.8) is 0 Å². The summed E-state index contributed by atoms with van der Waals surface area (Å²) < 4.78 is 0. The van der Waals surface area contributed by atoms with Gasteiger partial charge in [0.05, 0.1) is 0 Å². The molecule has 1 unspecified atom stereocenters. The van der Waals surface area contributed by atoms with Crippen LogP contribution in [0.15, 0.2) is 0 Å². The van der Waals surface area contributed by atoms with Gasteiger partial charge < -0.3 is 10.2 Å². The van der Waals surface area contributed by atoms with E-state index in [0.29, 0.717) is 0 Å². The molecule has 82 valence electrons. The van der Waals surface area contributed by atoms with Crippen LogP contribution in [0.2, 0.25) is 0 Å². The minimum absolute atomic E-state index is 0.957. The van der Waals surface area contributed by atoms with Gasteiger partial charge in [-0.1, -0.05) is 0 Å². The van der Waals surface area contributed by atoms with E-state index in [1.807, 2.05) is 0 Å². The Bertz CT molecular complexity index is 133. The average molecular weight is 214 g/mol. The van der Waals surface area contributed by atoms with Gasteiger partial charge in [0, 0.05) is 24.6 Å². The summed E-state index contributed by atoms with van der Waals surface area (Å²) in [5, 5.41) is 3.50. The van der Waals surface area contributed by atoms with Crippen molar-refractivity contribution in [1.29, 1.82) is 0 Å². The van der Waals surface area contributed by atoms with Crippen molar-refractivity contribution in [2.45, 2.75) is 19.3 Å². The lowest BCUT2D eigenvalue weighted by Crippen LogP contribution is -2.36. The van der Waals surface area contributed by atoms with Crippen LogP contribution in [0.5, 0.6) is 0 Å². The highest BCUT2D eigenvalue weighted by atomic mass is 32.2. The molecule has 0 aromatic rings. The van der Waals surface area contributed by atoms with Crippen LogP contribution in [0.4, 0.5) is 0 Å². The molecule has 2 nitrogen and oxygen atoms in total. The summed E-state index contributed by atoms with van der Waals surface area (Å²) in [5.41, 5.74) is 0. The monoisotopic (exact) mass is 214 g/mol. The predicted molar refractivity (Wildman–Crippen MR) is 64.0 cm³/mol. The third kappa shape index (κ3) is 3.44. The predicted octanol–water partition coefficient (Wildman–Crippen LogP) is 1.42. The van der Waals surface area contributed by atoms with Crippen LogP contribution in [-0.2, 0) is 0 Å². The van der Waals surface area contributed by atoms with E-state index in [0.717, 1.165) is 5.92 Å². The number of nitrogens with zero attached hydrogens (tertiary/aromatic N) is 1. The van der Waals surface area contributed by atoms with Crippen molar-refractivity contribution < 1.29 is 0 Å². The van der Waals surface area contributed by atoms with E-state index >= 15 is 0 Å². The first kappa shape index (κ1) is 10.8. The Kier molecular flexibility index (Phi) is 4.61. The van der Waals surface area contributed by atoms with E-state index in [2.05, 4.69) is 22.0 Å². The number of nitrogens with one attached hydrogen (secondary N) is 1. The van der Waals surface area contributed by atoms with Gasteiger partial charge in [-0.05, 0) is 44.8 Å². The summed E-state index contributed by atoms with van der Waals surface area (Å²) in [5.74, 6) is 3.66. The van der Waals surface area contributed by atoms with Gasteiger partial charge in [0.2, 0.25) is 0 Å². The van der Waals surface area contributed by atoms with Gasteiger partial charge in [0.1, 0.15) is 0 Å². The molecule has 1 atom stereocenters. The highest BCUT2D eigenvalue weighted by Crippen LogP contribution is 2.16. The van der Waals surface area contributed by atoms with Gasteiger partial charge >= 0.3 is 0 Å².